The molecular weight excluding hydrogens is 345 g/mol. The SMILES string of the molecule is CC(C)(C)CNC(=O)c1cc(Cl)cc(S(=O)(=O)Cl)c1Cl. The molecule has 0 fully saturated rings. The van der Waals surface area contributed by atoms with Gasteiger partial charge in [0, 0.05) is 22.2 Å². The molecule has 0 heterocycles. The molecule has 0 radical (unpaired) electrons. The second-order valence-electron chi connectivity index (χ2n) is 5.45. The van der Waals surface area contributed by atoms with Gasteiger partial charge in [0.05, 0.1) is 10.6 Å². The van der Waals surface area contributed by atoms with Gasteiger partial charge in [-0.05, 0) is 17.5 Å². The topological polar surface area (TPSA) is 63.2 Å². The van der Waals surface area contributed by atoms with Crippen LogP contribution in [0, 0.1) is 5.41 Å². The molecule has 1 N–H and O–H groups in total. The largest absolute Gasteiger partial charge is 0.351 e. The van der Waals surface area contributed by atoms with E-state index in [1.165, 1.54) is 6.07 Å². The quantitative estimate of drug-likeness (QED) is 0.838. The lowest BCUT2D eigenvalue weighted by atomic mass is 9.97. The molecule has 1 amide bonds. The highest BCUT2D eigenvalue weighted by Gasteiger charge is 2.23. The average molecular weight is 359 g/mol. The molecule has 4 nitrogen and oxygen atoms in total. The van der Waals surface area contributed by atoms with E-state index in [-0.39, 0.29) is 25.9 Å². The molecule has 0 aliphatic heterocycles. The van der Waals surface area contributed by atoms with Gasteiger partial charge in [-0.2, -0.15) is 0 Å². The number of carbonyl (C=O) groups excluding carboxylic acids is 1. The van der Waals surface area contributed by atoms with E-state index in [9.17, 15) is 13.2 Å². The first-order valence-electron chi connectivity index (χ1n) is 5.64. The number of hydrogen-bond acceptors (Lipinski definition) is 3. The summed E-state index contributed by atoms with van der Waals surface area (Å²) in [6.07, 6.45) is 0. The van der Waals surface area contributed by atoms with Crippen molar-refractivity contribution in [2.45, 2.75) is 25.7 Å². The van der Waals surface area contributed by atoms with Crippen molar-refractivity contribution < 1.29 is 13.2 Å². The molecule has 0 aliphatic carbocycles. The summed E-state index contributed by atoms with van der Waals surface area (Å²) in [5.41, 5.74) is -0.148. The Labute approximate surface area is 132 Å². The van der Waals surface area contributed by atoms with Gasteiger partial charge in [-0.25, -0.2) is 8.42 Å². The van der Waals surface area contributed by atoms with E-state index in [1.54, 1.807) is 0 Å². The smallest absolute Gasteiger partial charge is 0.262 e. The van der Waals surface area contributed by atoms with Crippen molar-refractivity contribution in [3.05, 3.63) is 27.7 Å². The van der Waals surface area contributed by atoms with Crippen molar-refractivity contribution in [2.75, 3.05) is 6.54 Å². The number of amides is 1. The predicted molar refractivity (Wildman–Crippen MR) is 81.3 cm³/mol. The van der Waals surface area contributed by atoms with Crippen LogP contribution in [0.3, 0.4) is 0 Å². The van der Waals surface area contributed by atoms with Crippen LogP contribution in [0.1, 0.15) is 31.1 Å². The molecule has 0 saturated heterocycles. The molecule has 0 aliphatic rings. The van der Waals surface area contributed by atoms with Crippen LogP contribution in [0.5, 0.6) is 0 Å². The van der Waals surface area contributed by atoms with Crippen LogP contribution in [-0.2, 0) is 9.05 Å². The monoisotopic (exact) mass is 357 g/mol. The van der Waals surface area contributed by atoms with Crippen LogP contribution in [-0.4, -0.2) is 20.9 Å². The van der Waals surface area contributed by atoms with Crippen molar-refractivity contribution in [3.8, 4) is 0 Å². The molecule has 1 aromatic carbocycles. The Morgan fingerprint density at radius 3 is 2.25 bits per heavy atom. The van der Waals surface area contributed by atoms with Gasteiger partial charge in [0.2, 0.25) is 0 Å². The Morgan fingerprint density at radius 1 is 1.25 bits per heavy atom. The summed E-state index contributed by atoms with van der Waals surface area (Å²) < 4.78 is 22.8. The Hall–Kier alpha value is -0.490. The second kappa shape index (κ2) is 6.10. The van der Waals surface area contributed by atoms with Crippen molar-refractivity contribution in [3.63, 3.8) is 0 Å². The van der Waals surface area contributed by atoms with Crippen LogP contribution in [0.4, 0.5) is 0 Å². The summed E-state index contributed by atoms with van der Waals surface area (Å²) >= 11 is 11.7. The minimum absolute atomic E-state index is 0.0253. The minimum Gasteiger partial charge on any atom is -0.351 e. The maximum absolute atomic E-state index is 12.1. The van der Waals surface area contributed by atoms with Gasteiger partial charge >= 0.3 is 0 Å². The van der Waals surface area contributed by atoms with Gasteiger partial charge in [-0.3, -0.25) is 4.79 Å². The molecule has 0 atom stereocenters. The fourth-order valence-corrected chi connectivity index (χ4v) is 3.21. The molecule has 1 rings (SSSR count). The fourth-order valence-electron chi connectivity index (χ4n) is 1.35. The van der Waals surface area contributed by atoms with Crippen LogP contribution in [0.25, 0.3) is 0 Å². The Morgan fingerprint density at radius 2 is 1.80 bits per heavy atom. The second-order valence-corrected chi connectivity index (χ2v) is 8.80. The summed E-state index contributed by atoms with van der Waals surface area (Å²) in [5, 5.41) is 2.49. The van der Waals surface area contributed by atoms with E-state index >= 15 is 0 Å². The number of nitrogens with one attached hydrogen (secondary N) is 1. The molecule has 0 saturated carbocycles. The molecular formula is C12H14Cl3NO3S. The van der Waals surface area contributed by atoms with Crippen molar-refractivity contribution >= 4 is 48.8 Å². The third-order valence-corrected chi connectivity index (χ3v) is 4.37. The summed E-state index contributed by atoms with van der Waals surface area (Å²) in [4.78, 5) is 11.7. The maximum Gasteiger partial charge on any atom is 0.262 e. The Kier molecular flexibility index (Phi) is 5.35. The third-order valence-electron chi connectivity index (χ3n) is 2.29. The zero-order valence-corrected chi connectivity index (χ0v) is 14.2. The lowest BCUT2D eigenvalue weighted by Gasteiger charge is -2.19. The summed E-state index contributed by atoms with van der Waals surface area (Å²) in [6.45, 7) is 6.24. The van der Waals surface area contributed by atoms with E-state index in [0.717, 1.165) is 6.07 Å². The van der Waals surface area contributed by atoms with Gasteiger partial charge in [0.15, 0.2) is 0 Å². The van der Waals surface area contributed by atoms with Gasteiger partial charge in [0.1, 0.15) is 4.90 Å². The van der Waals surface area contributed by atoms with E-state index in [0.29, 0.717) is 6.54 Å². The first-order chi connectivity index (χ1) is 8.92. The van der Waals surface area contributed by atoms with Crippen LogP contribution >= 0.6 is 33.9 Å². The fraction of sp³-hybridized carbons (Fsp3) is 0.417. The summed E-state index contributed by atoms with van der Waals surface area (Å²) in [5.74, 6) is -0.506. The summed E-state index contributed by atoms with van der Waals surface area (Å²) in [7, 11) is 1.18. The first-order valence-corrected chi connectivity index (χ1v) is 8.70. The number of hydrogen-bond donors (Lipinski definition) is 1. The normalized spacial score (nSPS) is 12.3. The summed E-state index contributed by atoms with van der Waals surface area (Å²) in [6, 6.07) is 2.40. The average Bonchev–Trinajstić information content (AvgIpc) is 2.26. The maximum atomic E-state index is 12.1. The lowest BCUT2D eigenvalue weighted by Crippen LogP contribution is -2.32. The van der Waals surface area contributed by atoms with Gasteiger partial charge < -0.3 is 5.32 Å². The van der Waals surface area contributed by atoms with E-state index in [2.05, 4.69) is 5.32 Å². The first kappa shape index (κ1) is 17.6. The van der Waals surface area contributed by atoms with E-state index in [1.807, 2.05) is 20.8 Å². The van der Waals surface area contributed by atoms with Gasteiger partial charge in [-0.15, -0.1) is 0 Å². The lowest BCUT2D eigenvalue weighted by molar-refractivity contribution is 0.0939. The Balaban J connectivity index is 3.20. The molecule has 0 bridgehead atoms. The van der Waals surface area contributed by atoms with Crippen LogP contribution < -0.4 is 5.32 Å². The highest BCUT2D eigenvalue weighted by atomic mass is 35.7. The minimum atomic E-state index is -4.08. The molecule has 112 valence electrons. The zero-order chi connectivity index (χ0) is 15.7. The molecule has 0 unspecified atom stereocenters. The highest BCUT2D eigenvalue weighted by Crippen LogP contribution is 2.31. The van der Waals surface area contributed by atoms with E-state index in [4.69, 9.17) is 33.9 Å². The molecule has 0 aromatic heterocycles. The molecule has 20 heavy (non-hydrogen) atoms. The van der Waals surface area contributed by atoms with E-state index < -0.39 is 15.0 Å². The zero-order valence-electron chi connectivity index (χ0n) is 11.1. The van der Waals surface area contributed by atoms with Crippen LogP contribution in [0.15, 0.2) is 17.0 Å². The Bertz CT molecular complexity index is 636. The van der Waals surface area contributed by atoms with Gasteiger partial charge in [-0.1, -0.05) is 44.0 Å². The van der Waals surface area contributed by atoms with Crippen molar-refractivity contribution in [1.29, 1.82) is 0 Å². The number of benzene rings is 1. The standard InChI is InChI=1S/C12H14Cl3NO3S/c1-12(2,3)6-16-11(17)8-4-7(13)5-9(10(8)14)20(15,18)19/h4-5H,6H2,1-3H3,(H,16,17). The van der Waals surface area contributed by atoms with Gasteiger partial charge in [0.25, 0.3) is 15.0 Å². The van der Waals surface area contributed by atoms with Crippen LogP contribution in [0.2, 0.25) is 10.0 Å². The van der Waals surface area contributed by atoms with Crippen molar-refractivity contribution in [2.24, 2.45) is 5.41 Å². The number of carbonyl (C=O) groups is 1. The molecule has 0 spiro atoms. The third kappa shape index (κ3) is 4.81. The number of halogens is 3. The molecule has 1 aromatic rings. The predicted octanol–water partition coefficient (Wildman–Crippen LogP) is 3.70. The van der Waals surface area contributed by atoms with Crippen molar-refractivity contribution in [1.82, 2.24) is 5.32 Å². The molecule has 8 heteroatoms. The highest BCUT2D eigenvalue weighted by molar-refractivity contribution is 8.13. The number of rotatable bonds is 3.